The molecule has 4 nitrogen and oxygen atoms in total. The van der Waals surface area contributed by atoms with Crippen molar-refractivity contribution in [2.24, 2.45) is 0 Å². The molecule has 1 aliphatic heterocycles. The molecule has 0 bridgehead atoms. The van der Waals surface area contributed by atoms with Gasteiger partial charge in [0.05, 0.1) is 5.56 Å². The highest BCUT2D eigenvalue weighted by molar-refractivity contribution is 7.07. The van der Waals surface area contributed by atoms with Crippen LogP contribution in [0.5, 0.6) is 0 Å². The van der Waals surface area contributed by atoms with Crippen LogP contribution in [0.1, 0.15) is 35.7 Å². The van der Waals surface area contributed by atoms with Crippen LogP contribution in [0, 0.1) is 0 Å². The van der Waals surface area contributed by atoms with E-state index in [1.807, 2.05) is 17.0 Å². The summed E-state index contributed by atoms with van der Waals surface area (Å²) in [4.78, 5) is 18.4. The Morgan fingerprint density at radius 2 is 2.26 bits per heavy atom. The Labute approximate surface area is 141 Å². The Balaban J connectivity index is 1.46. The summed E-state index contributed by atoms with van der Waals surface area (Å²) in [6.45, 7) is 3.87. The fourth-order valence-corrected chi connectivity index (χ4v) is 3.83. The molecule has 2 aromatic heterocycles. The van der Waals surface area contributed by atoms with E-state index >= 15 is 0 Å². The van der Waals surface area contributed by atoms with E-state index in [0.29, 0.717) is 17.6 Å². The zero-order chi connectivity index (χ0) is 16.1. The van der Waals surface area contributed by atoms with E-state index in [0.717, 1.165) is 32.4 Å². The molecule has 1 atom stereocenters. The van der Waals surface area contributed by atoms with E-state index in [2.05, 4.69) is 34.1 Å². The van der Waals surface area contributed by atoms with Crippen molar-refractivity contribution in [3.8, 4) is 0 Å². The van der Waals surface area contributed by atoms with Gasteiger partial charge in [-0.15, -0.1) is 0 Å². The second-order valence-corrected chi connectivity index (χ2v) is 6.99. The maximum atomic E-state index is 12.4. The summed E-state index contributed by atoms with van der Waals surface area (Å²) >= 11 is 1.75. The number of hydrogen-bond donors (Lipinski definition) is 1. The molecule has 0 aliphatic carbocycles. The van der Waals surface area contributed by atoms with Crippen molar-refractivity contribution in [1.82, 2.24) is 15.2 Å². The first-order valence-corrected chi connectivity index (χ1v) is 9.13. The summed E-state index contributed by atoms with van der Waals surface area (Å²) < 4.78 is 0. The maximum absolute atomic E-state index is 12.4. The minimum atomic E-state index is 0.0999. The van der Waals surface area contributed by atoms with Crippen LogP contribution < -0.4 is 5.32 Å². The third-order valence-corrected chi connectivity index (χ3v) is 5.06. The van der Waals surface area contributed by atoms with Crippen molar-refractivity contribution in [2.45, 2.75) is 38.3 Å². The van der Waals surface area contributed by atoms with E-state index in [1.165, 1.54) is 5.56 Å². The van der Waals surface area contributed by atoms with E-state index in [4.69, 9.17) is 0 Å². The SMILES string of the molecule is CC(Cc1ccsc1)NC1CCN(C(=O)c2cccnc2)CC1. The van der Waals surface area contributed by atoms with Crippen LogP contribution in [0.3, 0.4) is 0 Å². The molecule has 5 heteroatoms. The molecule has 23 heavy (non-hydrogen) atoms. The number of nitrogens with one attached hydrogen (secondary N) is 1. The van der Waals surface area contributed by atoms with Gasteiger partial charge in [0.25, 0.3) is 5.91 Å². The highest BCUT2D eigenvalue weighted by atomic mass is 32.1. The molecular weight excluding hydrogens is 306 g/mol. The molecule has 122 valence electrons. The average molecular weight is 329 g/mol. The van der Waals surface area contributed by atoms with Crippen molar-refractivity contribution < 1.29 is 4.79 Å². The average Bonchev–Trinajstić information content (AvgIpc) is 3.08. The van der Waals surface area contributed by atoms with Gasteiger partial charge in [-0.1, -0.05) is 0 Å². The molecule has 1 saturated heterocycles. The predicted octanol–water partition coefficient (Wildman–Crippen LogP) is 2.97. The number of rotatable bonds is 5. The molecule has 1 fully saturated rings. The van der Waals surface area contributed by atoms with Gasteiger partial charge in [0, 0.05) is 37.6 Å². The van der Waals surface area contributed by atoms with Gasteiger partial charge in [-0.2, -0.15) is 11.3 Å². The molecule has 1 amide bonds. The zero-order valence-electron chi connectivity index (χ0n) is 13.4. The number of aromatic nitrogens is 1. The highest BCUT2D eigenvalue weighted by Crippen LogP contribution is 2.15. The molecule has 1 aliphatic rings. The quantitative estimate of drug-likeness (QED) is 0.917. The lowest BCUT2D eigenvalue weighted by Gasteiger charge is -2.34. The molecule has 0 aromatic carbocycles. The summed E-state index contributed by atoms with van der Waals surface area (Å²) in [6, 6.07) is 6.81. The lowest BCUT2D eigenvalue weighted by Crippen LogP contribution is -2.47. The van der Waals surface area contributed by atoms with E-state index in [-0.39, 0.29) is 5.91 Å². The third-order valence-electron chi connectivity index (χ3n) is 4.33. The van der Waals surface area contributed by atoms with Gasteiger partial charge in [-0.25, -0.2) is 0 Å². The van der Waals surface area contributed by atoms with Crippen LogP contribution in [-0.4, -0.2) is 41.0 Å². The summed E-state index contributed by atoms with van der Waals surface area (Å²) in [5.41, 5.74) is 2.09. The standard InChI is InChI=1S/C18H23N3OS/c1-14(11-15-6-10-23-13-15)20-17-4-8-21(9-5-17)18(22)16-3-2-7-19-12-16/h2-3,6-7,10,12-14,17,20H,4-5,8-9,11H2,1H3. The minimum Gasteiger partial charge on any atom is -0.338 e. The normalized spacial score (nSPS) is 17.2. The molecule has 3 heterocycles. The number of pyridine rings is 1. The fourth-order valence-electron chi connectivity index (χ4n) is 3.14. The molecule has 0 radical (unpaired) electrons. The number of amides is 1. The second-order valence-electron chi connectivity index (χ2n) is 6.21. The van der Waals surface area contributed by atoms with Crippen molar-refractivity contribution in [1.29, 1.82) is 0 Å². The highest BCUT2D eigenvalue weighted by Gasteiger charge is 2.24. The third kappa shape index (κ3) is 4.39. The molecule has 1 unspecified atom stereocenters. The van der Waals surface area contributed by atoms with Crippen molar-refractivity contribution in [3.63, 3.8) is 0 Å². The lowest BCUT2D eigenvalue weighted by atomic mass is 10.0. The largest absolute Gasteiger partial charge is 0.338 e. The monoisotopic (exact) mass is 329 g/mol. The Morgan fingerprint density at radius 1 is 1.43 bits per heavy atom. The number of nitrogens with zero attached hydrogens (tertiary/aromatic N) is 2. The van der Waals surface area contributed by atoms with Crippen molar-refractivity contribution in [2.75, 3.05) is 13.1 Å². The van der Waals surface area contributed by atoms with Gasteiger partial charge in [-0.05, 0) is 60.7 Å². The number of carbonyl (C=O) groups excluding carboxylic acids is 1. The van der Waals surface area contributed by atoms with Crippen LogP contribution in [0.2, 0.25) is 0 Å². The van der Waals surface area contributed by atoms with Gasteiger partial charge in [0.2, 0.25) is 0 Å². The molecule has 3 rings (SSSR count). The number of thiophene rings is 1. The van der Waals surface area contributed by atoms with Crippen LogP contribution in [0.25, 0.3) is 0 Å². The Kier molecular flexibility index (Phi) is 5.41. The predicted molar refractivity (Wildman–Crippen MR) is 93.8 cm³/mol. The second kappa shape index (κ2) is 7.70. The van der Waals surface area contributed by atoms with E-state index < -0.39 is 0 Å². The lowest BCUT2D eigenvalue weighted by molar-refractivity contribution is 0.0702. The number of hydrogen-bond acceptors (Lipinski definition) is 4. The maximum Gasteiger partial charge on any atom is 0.255 e. The van der Waals surface area contributed by atoms with Gasteiger partial charge < -0.3 is 10.2 Å². The Morgan fingerprint density at radius 3 is 2.91 bits per heavy atom. The molecule has 1 N–H and O–H groups in total. The van der Waals surface area contributed by atoms with Crippen LogP contribution >= 0.6 is 11.3 Å². The van der Waals surface area contributed by atoms with Crippen molar-refractivity contribution in [3.05, 3.63) is 52.5 Å². The fraction of sp³-hybridized carbons (Fsp3) is 0.444. The topological polar surface area (TPSA) is 45.2 Å². The first-order chi connectivity index (χ1) is 11.2. The summed E-state index contributed by atoms with van der Waals surface area (Å²) in [7, 11) is 0. The molecule has 0 spiro atoms. The van der Waals surface area contributed by atoms with Crippen molar-refractivity contribution >= 4 is 17.2 Å². The summed E-state index contributed by atoms with van der Waals surface area (Å²) in [5, 5.41) is 8.06. The van der Waals surface area contributed by atoms with Crippen LogP contribution in [0.4, 0.5) is 0 Å². The van der Waals surface area contributed by atoms with Gasteiger partial charge in [0.15, 0.2) is 0 Å². The van der Waals surface area contributed by atoms with E-state index in [9.17, 15) is 4.79 Å². The smallest absolute Gasteiger partial charge is 0.255 e. The summed E-state index contributed by atoms with van der Waals surface area (Å²) in [5.74, 6) is 0.0999. The Hall–Kier alpha value is -1.72. The van der Waals surface area contributed by atoms with Gasteiger partial charge in [0.1, 0.15) is 0 Å². The first kappa shape index (κ1) is 16.1. The van der Waals surface area contributed by atoms with Gasteiger partial charge in [-0.3, -0.25) is 9.78 Å². The molecule has 0 saturated carbocycles. The minimum absolute atomic E-state index is 0.0999. The van der Waals surface area contributed by atoms with E-state index in [1.54, 1.807) is 23.7 Å². The number of likely N-dealkylation sites (tertiary alicyclic amines) is 1. The first-order valence-electron chi connectivity index (χ1n) is 8.19. The number of carbonyl (C=O) groups is 1. The van der Waals surface area contributed by atoms with Crippen LogP contribution in [-0.2, 0) is 6.42 Å². The molecular formula is C18H23N3OS. The molecule has 2 aromatic rings. The number of piperidine rings is 1. The zero-order valence-corrected chi connectivity index (χ0v) is 14.3. The van der Waals surface area contributed by atoms with Gasteiger partial charge >= 0.3 is 0 Å². The summed E-state index contributed by atoms with van der Waals surface area (Å²) in [6.07, 6.45) is 6.44. The Bertz CT molecular complexity index is 606. The van der Waals surface area contributed by atoms with Crippen LogP contribution in [0.15, 0.2) is 41.4 Å².